The molecule has 0 spiro atoms. The summed E-state index contributed by atoms with van der Waals surface area (Å²) >= 11 is 12.4. The van der Waals surface area contributed by atoms with E-state index in [0.29, 0.717) is 15.6 Å². The quantitative estimate of drug-likeness (QED) is 0.902. The van der Waals surface area contributed by atoms with Crippen molar-refractivity contribution in [1.82, 2.24) is 0 Å². The van der Waals surface area contributed by atoms with Gasteiger partial charge in [-0.15, -0.1) is 0 Å². The standard InChI is InChI=1S/C15H18Cl2N2O/c1-9-11(15(2,3)20)6-7-19(9)12-5-4-10(8-18)13(16)14(12)17/h4-5,9,11,20H,6-7H2,1-3H3/t9-,11-/m0/s1. The van der Waals surface area contributed by atoms with E-state index >= 15 is 0 Å². The molecule has 20 heavy (non-hydrogen) atoms. The number of aliphatic hydroxyl groups is 1. The minimum absolute atomic E-state index is 0.163. The molecule has 1 aliphatic heterocycles. The molecule has 0 aromatic heterocycles. The Labute approximate surface area is 129 Å². The average Bonchev–Trinajstić information content (AvgIpc) is 2.74. The lowest BCUT2D eigenvalue weighted by Crippen LogP contribution is -2.40. The summed E-state index contributed by atoms with van der Waals surface area (Å²) in [7, 11) is 0. The third kappa shape index (κ3) is 2.61. The van der Waals surface area contributed by atoms with Crippen LogP contribution in [0, 0.1) is 17.2 Å². The van der Waals surface area contributed by atoms with Crippen LogP contribution in [0.3, 0.4) is 0 Å². The highest BCUT2D eigenvalue weighted by Gasteiger charge is 2.40. The van der Waals surface area contributed by atoms with Gasteiger partial charge in [-0.05, 0) is 39.3 Å². The summed E-state index contributed by atoms with van der Waals surface area (Å²) in [5.74, 6) is 0.174. The van der Waals surface area contributed by atoms with Gasteiger partial charge < -0.3 is 10.0 Å². The van der Waals surface area contributed by atoms with Crippen molar-refractivity contribution in [2.75, 3.05) is 11.4 Å². The van der Waals surface area contributed by atoms with Gasteiger partial charge in [0.2, 0.25) is 0 Å². The highest BCUT2D eigenvalue weighted by atomic mass is 35.5. The summed E-state index contributed by atoms with van der Waals surface area (Å²) < 4.78 is 0. The van der Waals surface area contributed by atoms with Gasteiger partial charge in [-0.3, -0.25) is 0 Å². The Hall–Kier alpha value is -0.950. The summed E-state index contributed by atoms with van der Waals surface area (Å²) in [6, 6.07) is 5.70. The minimum Gasteiger partial charge on any atom is -0.390 e. The van der Waals surface area contributed by atoms with Crippen LogP contribution < -0.4 is 4.90 Å². The molecule has 1 N–H and O–H groups in total. The SMILES string of the molecule is C[C@H]1[C@@H](C(C)(C)O)CCN1c1ccc(C#N)c(Cl)c1Cl. The molecule has 1 heterocycles. The first-order chi connectivity index (χ1) is 9.27. The first-order valence-electron chi connectivity index (χ1n) is 6.64. The van der Waals surface area contributed by atoms with E-state index in [4.69, 9.17) is 28.5 Å². The third-order valence-electron chi connectivity index (χ3n) is 4.15. The van der Waals surface area contributed by atoms with Crippen molar-refractivity contribution in [3.8, 4) is 6.07 Å². The van der Waals surface area contributed by atoms with Gasteiger partial charge in [0.15, 0.2) is 0 Å². The van der Waals surface area contributed by atoms with Crippen molar-refractivity contribution in [3.63, 3.8) is 0 Å². The van der Waals surface area contributed by atoms with Crippen LogP contribution in [0.1, 0.15) is 32.8 Å². The maximum atomic E-state index is 10.2. The number of anilines is 1. The maximum Gasteiger partial charge on any atom is 0.101 e. The van der Waals surface area contributed by atoms with Crippen molar-refractivity contribution >= 4 is 28.9 Å². The van der Waals surface area contributed by atoms with Crippen molar-refractivity contribution in [1.29, 1.82) is 5.26 Å². The molecule has 1 fully saturated rings. The summed E-state index contributed by atoms with van der Waals surface area (Å²) in [4.78, 5) is 2.15. The van der Waals surface area contributed by atoms with Crippen LogP contribution in [-0.4, -0.2) is 23.3 Å². The van der Waals surface area contributed by atoms with E-state index in [1.807, 2.05) is 26.0 Å². The molecule has 0 bridgehead atoms. The molecule has 0 aliphatic carbocycles. The first-order valence-corrected chi connectivity index (χ1v) is 7.40. The molecule has 3 nitrogen and oxygen atoms in total. The van der Waals surface area contributed by atoms with Gasteiger partial charge in [-0.2, -0.15) is 5.26 Å². The largest absolute Gasteiger partial charge is 0.390 e. The van der Waals surface area contributed by atoms with E-state index in [1.54, 1.807) is 6.07 Å². The van der Waals surface area contributed by atoms with Gasteiger partial charge in [-0.1, -0.05) is 23.2 Å². The Morgan fingerprint density at radius 2 is 2.00 bits per heavy atom. The lowest BCUT2D eigenvalue weighted by molar-refractivity contribution is 0.0156. The van der Waals surface area contributed by atoms with Crippen LogP contribution in [0.25, 0.3) is 0 Å². The van der Waals surface area contributed by atoms with E-state index in [0.717, 1.165) is 18.7 Å². The van der Waals surface area contributed by atoms with Gasteiger partial charge in [0.25, 0.3) is 0 Å². The van der Waals surface area contributed by atoms with E-state index in [-0.39, 0.29) is 12.0 Å². The summed E-state index contributed by atoms with van der Waals surface area (Å²) in [6.45, 7) is 6.58. The van der Waals surface area contributed by atoms with Crippen LogP contribution in [0.2, 0.25) is 10.0 Å². The van der Waals surface area contributed by atoms with Gasteiger partial charge in [0.1, 0.15) is 6.07 Å². The van der Waals surface area contributed by atoms with Crippen LogP contribution in [0.15, 0.2) is 12.1 Å². The second-order valence-corrected chi connectivity index (χ2v) is 6.61. The Morgan fingerprint density at radius 1 is 1.35 bits per heavy atom. The van der Waals surface area contributed by atoms with Crippen LogP contribution in [-0.2, 0) is 0 Å². The van der Waals surface area contributed by atoms with E-state index in [9.17, 15) is 5.11 Å². The molecule has 5 heteroatoms. The number of rotatable bonds is 2. The summed E-state index contributed by atoms with van der Waals surface area (Å²) in [5.41, 5.74) is 0.484. The molecular formula is C15H18Cl2N2O. The lowest BCUT2D eigenvalue weighted by atomic mass is 9.85. The molecule has 108 valence electrons. The predicted molar refractivity (Wildman–Crippen MR) is 82.4 cm³/mol. The Bertz CT molecular complexity index is 560. The zero-order chi connectivity index (χ0) is 15.1. The second-order valence-electron chi connectivity index (χ2n) is 5.85. The van der Waals surface area contributed by atoms with Crippen molar-refractivity contribution in [2.24, 2.45) is 5.92 Å². The van der Waals surface area contributed by atoms with Gasteiger partial charge in [0, 0.05) is 18.5 Å². The normalized spacial score (nSPS) is 22.9. The number of nitrogens with zero attached hydrogens (tertiary/aromatic N) is 2. The molecule has 1 saturated heterocycles. The van der Waals surface area contributed by atoms with Gasteiger partial charge in [0.05, 0.1) is 26.9 Å². The number of hydrogen-bond acceptors (Lipinski definition) is 3. The monoisotopic (exact) mass is 312 g/mol. The predicted octanol–water partition coefficient (Wildman–Crippen LogP) is 3.85. The number of benzene rings is 1. The molecule has 0 radical (unpaired) electrons. The van der Waals surface area contributed by atoms with E-state index in [2.05, 4.69) is 11.8 Å². The smallest absolute Gasteiger partial charge is 0.101 e. The molecule has 1 aromatic rings. The molecule has 1 aromatic carbocycles. The summed E-state index contributed by atoms with van der Waals surface area (Å²) in [6.07, 6.45) is 0.901. The molecule has 0 unspecified atom stereocenters. The first kappa shape index (κ1) is 15.4. The molecule has 1 aliphatic rings. The van der Waals surface area contributed by atoms with E-state index in [1.165, 1.54) is 0 Å². The Kier molecular flexibility index (Phi) is 4.20. The molecular weight excluding hydrogens is 295 g/mol. The Morgan fingerprint density at radius 3 is 2.50 bits per heavy atom. The number of nitriles is 1. The molecule has 0 amide bonds. The fourth-order valence-electron chi connectivity index (χ4n) is 3.07. The zero-order valence-electron chi connectivity index (χ0n) is 11.8. The molecule has 2 atom stereocenters. The topological polar surface area (TPSA) is 47.3 Å². The van der Waals surface area contributed by atoms with Gasteiger partial charge in [-0.25, -0.2) is 0 Å². The third-order valence-corrected chi connectivity index (χ3v) is 5.03. The summed E-state index contributed by atoms with van der Waals surface area (Å²) in [5, 5.41) is 19.9. The lowest BCUT2D eigenvalue weighted by Gasteiger charge is -2.33. The fourth-order valence-corrected chi connectivity index (χ4v) is 3.55. The minimum atomic E-state index is -0.725. The highest BCUT2D eigenvalue weighted by Crippen LogP contribution is 2.41. The maximum absolute atomic E-state index is 10.2. The van der Waals surface area contributed by atoms with Crippen molar-refractivity contribution in [2.45, 2.75) is 38.8 Å². The van der Waals surface area contributed by atoms with E-state index < -0.39 is 5.60 Å². The number of halogens is 2. The highest BCUT2D eigenvalue weighted by molar-refractivity contribution is 6.44. The average molecular weight is 313 g/mol. The second kappa shape index (κ2) is 5.44. The van der Waals surface area contributed by atoms with Gasteiger partial charge >= 0.3 is 0 Å². The van der Waals surface area contributed by atoms with Crippen molar-refractivity contribution < 1.29 is 5.11 Å². The van der Waals surface area contributed by atoms with Crippen LogP contribution in [0.5, 0.6) is 0 Å². The Balaban J connectivity index is 2.35. The van der Waals surface area contributed by atoms with Crippen LogP contribution in [0.4, 0.5) is 5.69 Å². The molecule has 2 rings (SSSR count). The number of hydrogen-bond donors (Lipinski definition) is 1. The van der Waals surface area contributed by atoms with Crippen molar-refractivity contribution in [3.05, 3.63) is 27.7 Å². The fraction of sp³-hybridized carbons (Fsp3) is 0.533. The zero-order valence-corrected chi connectivity index (χ0v) is 13.3. The molecule has 0 saturated carbocycles. The van der Waals surface area contributed by atoms with Crippen LogP contribution >= 0.6 is 23.2 Å².